The van der Waals surface area contributed by atoms with Crippen LogP contribution < -0.4 is 4.74 Å². The molecule has 0 amide bonds. The zero-order valence-electron chi connectivity index (χ0n) is 13.5. The summed E-state index contributed by atoms with van der Waals surface area (Å²) < 4.78 is 44.5. The van der Waals surface area contributed by atoms with Crippen molar-refractivity contribution in [2.75, 3.05) is 7.11 Å². The summed E-state index contributed by atoms with van der Waals surface area (Å²) in [7, 11) is 1.47. The molecule has 1 unspecified atom stereocenters. The zero-order chi connectivity index (χ0) is 17.0. The SMILES string of the molecule is COc1ccccc1CC(=O)CC(CC(C)(C)C)C(F)(F)F. The molecule has 0 aromatic heterocycles. The molecule has 1 aromatic carbocycles. The highest BCUT2D eigenvalue weighted by molar-refractivity contribution is 5.81. The van der Waals surface area contributed by atoms with Crippen LogP contribution in [0.1, 0.15) is 39.2 Å². The van der Waals surface area contributed by atoms with Crippen LogP contribution in [0.4, 0.5) is 13.2 Å². The first kappa shape index (κ1) is 18.5. The number of halogens is 3. The van der Waals surface area contributed by atoms with Crippen LogP contribution in [0.2, 0.25) is 0 Å². The lowest BCUT2D eigenvalue weighted by Crippen LogP contribution is -2.30. The van der Waals surface area contributed by atoms with Gasteiger partial charge in [-0.15, -0.1) is 0 Å². The molecule has 0 bridgehead atoms. The van der Waals surface area contributed by atoms with Gasteiger partial charge >= 0.3 is 6.18 Å². The fraction of sp³-hybridized carbons (Fsp3) is 0.588. The normalized spacial score (nSPS) is 13.8. The lowest BCUT2D eigenvalue weighted by Gasteiger charge is -2.27. The van der Waals surface area contributed by atoms with Gasteiger partial charge in [0, 0.05) is 18.4 Å². The fourth-order valence-corrected chi connectivity index (χ4v) is 2.45. The first-order chi connectivity index (χ1) is 10.0. The minimum Gasteiger partial charge on any atom is -0.496 e. The van der Waals surface area contributed by atoms with E-state index in [-0.39, 0.29) is 12.8 Å². The van der Waals surface area contributed by atoms with E-state index in [0.717, 1.165) is 0 Å². The summed E-state index contributed by atoms with van der Waals surface area (Å²) in [5.74, 6) is -1.50. The lowest BCUT2D eigenvalue weighted by molar-refractivity contribution is -0.185. The van der Waals surface area contributed by atoms with Crippen molar-refractivity contribution in [3.05, 3.63) is 29.8 Å². The molecule has 2 nitrogen and oxygen atoms in total. The molecule has 0 aliphatic heterocycles. The summed E-state index contributed by atoms with van der Waals surface area (Å²) in [6, 6.07) is 6.88. The van der Waals surface area contributed by atoms with Crippen LogP contribution in [0.3, 0.4) is 0 Å². The summed E-state index contributed by atoms with van der Waals surface area (Å²) in [4.78, 5) is 12.1. The van der Waals surface area contributed by atoms with Gasteiger partial charge in [0.25, 0.3) is 0 Å². The predicted octanol–water partition coefficient (Wildman–Crippen LogP) is 4.81. The topological polar surface area (TPSA) is 26.3 Å². The van der Waals surface area contributed by atoms with Crippen molar-refractivity contribution in [3.63, 3.8) is 0 Å². The third-order valence-electron chi connectivity index (χ3n) is 3.38. The Labute approximate surface area is 129 Å². The Hall–Kier alpha value is -1.52. The van der Waals surface area contributed by atoms with Crippen LogP contribution in [0.15, 0.2) is 24.3 Å². The Bertz CT molecular complexity index is 501. The number of hydrogen-bond donors (Lipinski definition) is 0. The monoisotopic (exact) mass is 316 g/mol. The molecule has 22 heavy (non-hydrogen) atoms. The minimum atomic E-state index is -4.36. The highest BCUT2D eigenvalue weighted by Gasteiger charge is 2.42. The highest BCUT2D eigenvalue weighted by Crippen LogP contribution is 2.38. The summed E-state index contributed by atoms with van der Waals surface area (Å²) >= 11 is 0. The van der Waals surface area contributed by atoms with Crippen molar-refractivity contribution < 1.29 is 22.7 Å². The molecule has 0 heterocycles. The van der Waals surface area contributed by atoms with Gasteiger partial charge < -0.3 is 4.74 Å². The van der Waals surface area contributed by atoms with Crippen molar-refractivity contribution in [2.45, 2.75) is 46.2 Å². The van der Waals surface area contributed by atoms with Gasteiger partial charge in [0.15, 0.2) is 0 Å². The van der Waals surface area contributed by atoms with Crippen molar-refractivity contribution in [2.24, 2.45) is 11.3 Å². The smallest absolute Gasteiger partial charge is 0.392 e. The van der Waals surface area contributed by atoms with Crippen LogP contribution in [-0.2, 0) is 11.2 Å². The summed E-state index contributed by atoms with van der Waals surface area (Å²) in [6.45, 7) is 5.24. The first-order valence-electron chi connectivity index (χ1n) is 7.23. The molecule has 0 N–H and O–H groups in total. The van der Waals surface area contributed by atoms with Gasteiger partial charge in [0.1, 0.15) is 11.5 Å². The van der Waals surface area contributed by atoms with Gasteiger partial charge in [-0.25, -0.2) is 0 Å². The molecule has 1 atom stereocenters. The number of rotatable bonds is 6. The molecule has 0 fully saturated rings. The highest BCUT2D eigenvalue weighted by atomic mass is 19.4. The maximum absolute atomic E-state index is 13.1. The molecule has 0 saturated heterocycles. The molecular formula is C17H23F3O2. The quantitative estimate of drug-likeness (QED) is 0.752. The third kappa shape index (κ3) is 6.08. The molecule has 5 heteroatoms. The Balaban J connectivity index is 2.79. The number of ether oxygens (including phenoxy) is 1. The van der Waals surface area contributed by atoms with E-state index in [0.29, 0.717) is 11.3 Å². The zero-order valence-corrected chi connectivity index (χ0v) is 13.5. The summed E-state index contributed by atoms with van der Waals surface area (Å²) in [5.41, 5.74) is 0.136. The van der Waals surface area contributed by atoms with Crippen LogP contribution >= 0.6 is 0 Å². The maximum Gasteiger partial charge on any atom is 0.392 e. The van der Waals surface area contributed by atoms with Crippen LogP contribution in [0, 0.1) is 11.3 Å². The number of carbonyl (C=O) groups is 1. The second kappa shape index (κ2) is 7.16. The molecule has 0 aliphatic rings. The molecule has 0 radical (unpaired) electrons. The second-order valence-electron chi connectivity index (χ2n) is 6.73. The molecule has 1 rings (SSSR count). The van der Waals surface area contributed by atoms with E-state index in [4.69, 9.17) is 4.74 Å². The van der Waals surface area contributed by atoms with Gasteiger partial charge in [0.05, 0.1) is 13.0 Å². The Kier molecular flexibility index (Phi) is 6.03. The van der Waals surface area contributed by atoms with Gasteiger partial charge in [-0.2, -0.15) is 13.2 Å². The second-order valence-corrected chi connectivity index (χ2v) is 6.73. The first-order valence-corrected chi connectivity index (χ1v) is 7.23. The van der Waals surface area contributed by atoms with E-state index in [9.17, 15) is 18.0 Å². The Morgan fingerprint density at radius 1 is 1.18 bits per heavy atom. The van der Waals surface area contributed by atoms with Crippen molar-refractivity contribution >= 4 is 5.78 Å². The average Bonchev–Trinajstić information content (AvgIpc) is 2.36. The number of carbonyl (C=O) groups excluding carboxylic acids is 1. The third-order valence-corrected chi connectivity index (χ3v) is 3.38. The van der Waals surface area contributed by atoms with E-state index in [1.165, 1.54) is 7.11 Å². The number of ketones is 1. The Morgan fingerprint density at radius 3 is 2.27 bits per heavy atom. The molecular weight excluding hydrogens is 293 g/mol. The average molecular weight is 316 g/mol. The number of benzene rings is 1. The molecule has 0 saturated carbocycles. The molecule has 124 valence electrons. The van der Waals surface area contributed by atoms with Gasteiger partial charge in [0.2, 0.25) is 0 Å². The Morgan fingerprint density at radius 2 is 1.77 bits per heavy atom. The fourth-order valence-electron chi connectivity index (χ4n) is 2.45. The van der Waals surface area contributed by atoms with Crippen molar-refractivity contribution in [1.29, 1.82) is 0 Å². The molecule has 1 aromatic rings. The number of para-hydroxylation sites is 1. The summed E-state index contributed by atoms with van der Waals surface area (Å²) in [6.07, 6.45) is -4.95. The molecule has 0 aliphatic carbocycles. The van der Waals surface area contributed by atoms with E-state index in [1.54, 1.807) is 45.0 Å². The minimum absolute atomic E-state index is 0.0409. The number of Topliss-reactive ketones (excluding diaryl/α,β-unsaturated/α-hetero) is 1. The summed E-state index contributed by atoms with van der Waals surface area (Å²) in [5, 5.41) is 0. The van der Waals surface area contributed by atoms with Crippen molar-refractivity contribution in [3.8, 4) is 5.75 Å². The van der Waals surface area contributed by atoms with E-state index < -0.39 is 29.7 Å². The van der Waals surface area contributed by atoms with E-state index in [2.05, 4.69) is 0 Å². The number of alkyl halides is 3. The largest absolute Gasteiger partial charge is 0.496 e. The standard InChI is InChI=1S/C17H23F3O2/c1-16(2,3)11-13(17(18,19)20)10-14(21)9-12-7-5-6-8-15(12)22-4/h5-8,13H,9-11H2,1-4H3. The van der Waals surface area contributed by atoms with Gasteiger partial charge in [-0.05, 0) is 17.9 Å². The van der Waals surface area contributed by atoms with Gasteiger partial charge in [-0.1, -0.05) is 39.0 Å². The maximum atomic E-state index is 13.1. The van der Waals surface area contributed by atoms with Crippen molar-refractivity contribution in [1.82, 2.24) is 0 Å². The van der Waals surface area contributed by atoms with Gasteiger partial charge in [-0.3, -0.25) is 4.79 Å². The number of hydrogen-bond acceptors (Lipinski definition) is 2. The number of methoxy groups -OCH3 is 1. The van der Waals surface area contributed by atoms with Crippen LogP contribution in [0.5, 0.6) is 5.75 Å². The predicted molar refractivity (Wildman–Crippen MR) is 79.9 cm³/mol. The van der Waals surface area contributed by atoms with E-state index >= 15 is 0 Å². The molecule has 0 spiro atoms. The lowest BCUT2D eigenvalue weighted by atomic mass is 9.81. The van der Waals surface area contributed by atoms with E-state index in [1.807, 2.05) is 0 Å². The van der Waals surface area contributed by atoms with Crippen LogP contribution in [0.25, 0.3) is 0 Å². The van der Waals surface area contributed by atoms with Crippen LogP contribution in [-0.4, -0.2) is 19.1 Å².